The summed E-state index contributed by atoms with van der Waals surface area (Å²) in [4.78, 5) is 0. The normalized spacial score (nSPS) is 17.7. The van der Waals surface area contributed by atoms with Crippen molar-refractivity contribution in [1.29, 1.82) is 0 Å². The summed E-state index contributed by atoms with van der Waals surface area (Å²) < 4.78 is 6.75. The number of hydrogen-bond acceptors (Lipinski definition) is 2. The standard InChI is InChI=1S/C11H13BrClNO/c12-10-2-1-9(7-11(10)13)15-8-3-5-14-6-4-8/h1-2,7-8,14H,3-6H2. The third-order valence-electron chi connectivity index (χ3n) is 2.48. The fourth-order valence-corrected chi connectivity index (χ4v) is 2.07. The molecule has 0 aromatic heterocycles. The van der Waals surface area contributed by atoms with E-state index < -0.39 is 0 Å². The minimum atomic E-state index is 0.323. The summed E-state index contributed by atoms with van der Waals surface area (Å²) in [5, 5.41) is 4.00. The Morgan fingerprint density at radius 3 is 2.73 bits per heavy atom. The molecule has 0 amide bonds. The van der Waals surface area contributed by atoms with E-state index in [2.05, 4.69) is 21.2 Å². The first kappa shape index (κ1) is 11.2. The SMILES string of the molecule is Clc1cc(OC2CCNCC2)ccc1Br. The van der Waals surface area contributed by atoms with E-state index in [1.54, 1.807) is 0 Å². The van der Waals surface area contributed by atoms with Gasteiger partial charge in [0.05, 0.1) is 5.02 Å². The summed E-state index contributed by atoms with van der Waals surface area (Å²) in [7, 11) is 0. The number of nitrogens with one attached hydrogen (secondary N) is 1. The van der Waals surface area contributed by atoms with Crippen LogP contribution in [0.3, 0.4) is 0 Å². The van der Waals surface area contributed by atoms with Crippen molar-refractivity contribution in [3.05, 3.63) is 27.7 Å². The predicted molar refractivity (Wildman–Crippen MR) is 65.7 cm³/mol. The molecule has 82 valence electrons. The van der Waals surface area contributed by atoms with Crippen molar-refractivity contribution in [2.75, 3.05) is 13.1 Å². The van der Waals surface area contributed by atoms with Gasteiger partial charge in [0.25, 0.3) is 0 Å². The highest BCUT2D eigenvalue weighted by molar-refractivity contribution is 9.10. The van der Waals surface area contributed by atoms with Crippen LogP contribution in [0.25, 0.3) is 0 Å². The Morgan fingerprint density at radius 2 is 2.07 bits per heavy atom. The Kier molecular flexibility index (Phi) is 3.89. The molecule has 1 aliphatic rings. The summed E-state index contributed by atoms with van der Waals surface area (Å²) in [5.74, 6) is 0.857. The molecule has 1 aliphatic heterocycles. The molecule has 1 saturated heterocycles. The van der Waals surface area contributed by atoms with Crippen LogP contribution >= 0.6 is 27.5 Å². The molecule has 15 heavy (non-hydrogen) atoms. The van der Waals surface area contributed by atoms with Gasteiger partial charge in [-0.3, -0.25) is 0 Å². The van der Waals surface area contributed by atoms with E-state index in [9.17, 15) is 0 Å². The number of benzene rings is 1. The molecule has 1 N–H and O–H groups in total. The lowest BCUT2D eigenvalue weighted by molar-refractivity contribution is 0.162. The van der Waals surface area contributed by atoms with Gasteiger partial charge >= 0.3 is 0 Å². The molecule has 0 spiro atoms. The molecule has 0 saturated carbocycles. The van der Waals surface area contributed by atoms with Gasteiger partial charge in [0.15, 0.2) is 0 Å². The number of ether oxygens (including phenoxy) is 1. The fraction of sp³-hybridized carbons (Fsp3) is 0.455. The zero-order valence-electron chi connectivity index (χ0n) is 8.30. The quantitative estimate of drug-likeness (QED) is 0.903. The van der Waals surface area contributed by atoms with Crippen molar-refractivity contribution >= 4 is 27.5 Å². The van der Waals surface area contributed by atoms with Gasteiger partial charge in [-0.1, -0.05) is 11.6 Å². The molecule has 0 aliphatic carbocycles. The van der Waals surface area contributed by atoms with Gasteiger partial charge in [0, 0.05) is 4.47 Å². The van der Waals surface area contributed by atoms with E-state index in [1.165, 1.54) is 0 Å². The van der Waals surface area contributed by atoms with Crippen LogP contribution in [0.15, 0.2) is 22.7 Å². The van der Waals surface area contributed by atoms with E-state index in [0.29, 0.717) is 11.1 Å². The second kappa shape index (κ2) is 5.19. The molecule has 0 bridgehead atoms. The Morgan fingerprint density at radius 1 is 1.33 bits per heavy atom. The van der Waals surface area contributed by atoms with E-state index in [0.717, 1.165) is 36.2 Å². The minimum absolute atomic E-state index is 0.323. The first-order valence-electron chi connectivity index (χ1n) is 5.08. The second-order valence-electron chi connectivity index (χ2n) is 3.64. The second-order valence-corrected chi connectivity index (χ2v) is 4.90. The van der Waals surface area contributed by atoms with Gasteiger partial charge in [0.2, 0.25) is 0 Å². The molecule has 4 heteroatoms. The third kappa shape index (κ3) is 3.10. The number of hydrogen-bond donors (Lipinski definition) is 1. The number of halogens is 2. The highest BCUT2D eigenvalue weighted by Gasteiger charge is 2.14. The first-order valence-corrected chi connectivity index (χ1v) is 6.25. The number of rotatable bonds is 2. The Labute approximate surface area is 103 Å². The first-order chi connectivity index (χ1) is 7.25. The zero-order chi connectivity index (χ0) is 10.7. The molecule has 0 radical (unpaired) electrons. The maximum atomic E-state index is 5.99. The lowest BCUT2D eigenvalue weighted by atomic mass is 10.1. The van der Waals surface area contributed by atoms with Crippen LogP contribution < -0.4 is 10.1 Å². The number of piperidine rings is 1. The van der Waals surface area contributed by atoms with E-state index in [1.807, 2.05) is 18.2 Å². The summed E-state index contributed by atoms with van der Waals surface area (Å²) in [6.45, 7) is 2.07. The Hall–Kier alpha value is -0.250. The predicted octanol–water partition coefficient (Wildman–Crippen LogP) is 3.23. The average Bonchev–Trinajstić information content (AvgIpc) is 2.25. The Balaban J connectivity index is 2.00. The van der Waals surface area contributed by atoms with Gasteiger partial charge in [-0.05, 0) is 60.1 Å². The molecule has 1 aromatic rings. The van der Waals surface area contributed by atoms with E-state index in [-0.39, 0.29) is 0 Å². The lowest BCUT2D eigenvalue weighted by Crippen LogP contribution is -2.34. The summed E-state index contributed by atoms with van der Waals surface area (Å²) >= 11 is 9.35. The van der Waals surface area contributed by atoms with Gasteiger partial charge in [-0.2, -0.15) is 0 Å². The minimum Gasteiger partial charge on any atom is -0.490 e. The largest absolute Gasteiger partial charge is 0.490 e. The van der Waals surface area contributed by atoms with Crippen LogP contribution in [0.2, 0.25) is 5.02 Å². The van der Waals surface area contributed by atoms with Crippen LogP contribution in [0, 0.1) is 0 Å². The molecule has 2 rings (SSSR count). The van der Waals surface area contributed by atoms with Crippen LogP contribution in [-0.2, 0) is 0 Å². The average molecular weight is 291 g/mol. The van der Waals surface area contributed by atoms with Gasteiger partial charge in [-0.25, -0.2) is 0 Å². The van der Waals surface area contributed by atoms with Crippen molar-refractivity contribution in [1.82, 2.24) is 5.32 Å². The van der Waals surface area contributed by atoms with Crippen molar-refractivity contribution in [3.8, 4) is 5.75 Å². The molecular weight excluding hydrogens is 277 g/mol. The van der Waals surface area contributed by atoms with Gasteiger partial charge < -0.3 is 10.1 Å². The molecule has 1 aromatic carbocycles. The van der Waals surface area contributed by atoms with Crippen molar-refractivity contribution in [2.24, 2.45) is 0 Å². The van der Waals surface area contributed by atoms with E-state index >= 15 is 0 Å². The van der Waals surface area contributed by atoms with Crippen LogP contribution in [0.1, 0.15) is 12.8 Å². The monoisotopic (exact) mass is 289 g/mol. The van der Waals surface area contributed by atoms with Crippen LogP contribution in [0.4, 0.5) is 0 Å². The maximum absolute atomic E-state index is 5.99. The van der Waals surface area contributed by atoms with Crippen molar-refractivity contribution < 1.29 is 4.74 Å². The molecule has 0 atom stereocenters. The summed E-state index contributed by atoms with van der Waals surface area (Å²) in [5.41, 5.74) is 0. The zero-order valence-corrected chi connectivity index (χ0v) is 10.6. The highest BCUT2D eigenvalue weighted by atomic mass is 79.9. The third-order valence-corrected chi connectivity index (χ3v) is 3.71. The highest BCUT2D eigenvalue weighted by Crippen LogP contribution is 2.27. The molecule has 1 fully saturated rings. The van der Waals surface area contributed by atoms with Crippen LogP contribution in [-0.4, -0.2) is 19.2 Å². The van der Waals surface area contributed by atoms with Crippen molar-refractivity contribution in [3.63, 3.8) is 0 Å². The van der Waals surface area contributed by atoms with Gasteiger partial charge in [-0.15, -0.1) is 0 Å². The fourth-order valence-electron chi connectivity index (χ4n) is 1.66. The summed E-state index contributed by atoms with van der Waals surface area (Å²) in [6, 6.07) is 5.71. The van der Waals surface area contributed by atoms with Gasteiger partial charge in [0.1, 0.15) is 11.9 Å². The lowest BCUT2D eigenvalue weighted by Gasteiger charge is -2.23. The molecule has 2 nitrogen and oxygen atoms in total. The molecular formula is C11H13BrClNO. The van der Waals surface area contributed by atoms with Crippen molar-refractivity contribution in [2.45, 2.75) is 18.9 Å². The molecule has 1 heterocycles. The maximum Gasteiger partial charge on any atom is 0.121 e. The van der Waals surface area contributed by atoms with E-state index in [4.69, 9.17) is 16.3 Å². The smallest absolute Gasteiger partial charge is 0.121 e. The summed E-state index contributed by atoms with van der Waals surface area (Å²) in [6.07, 6.45) is 2.45. The topological polar surface area (TPSA) is 21.3 Å². The Bertz CT molecular complexity index is 339. The van der Waals surface area contributed by atoms with Crippen LogP contribution in [0.5, 0.6) is 5.75 Å². The molecule has 0 unspecified atom stereocenters.